The lowest BCUT2D eigenvalue weighted by molar-refractivity contribution is -0.161. The molecule has 390 valence electrons. The number of carbonyl (C=O) groups is 3. The number of rotatable bonds is 48. The second-order valence-electron chi connectivity index (χ2n) is 17.3. The van der Waals surface area contributed by atoms with Crippen LogP contribution in [-0.2, 0) is 42.2 Å². The molecule has 68 heavy (non-hydrogen) atoms. The van der Waals surface area contributed by atoms with Crippen molar-refractivity contribution in [3.8, 4) is 0 Å². The van der Waals surface area contributed by atoms with Gasteiger partial charge in [-0.1, -0.05) is 196 Å². The van der Waals surface area contributed by atoms with Gasteiger partial charge in [0.1, 0.15) is 12.7 Å². The van der Waals surface area contributed by atoms with Crippen LogP contribution in [0.2, 0.25) is 0 Å². The van der Waals surface area contributed by atoms with Crippen LogP contribution in [0.1, 0.15) is 213 Å². The minimum Gasteiger partial charge on any atom is -0.462 e. The van der Waals surface area contributed by atoms with Gasteiger partial charge in [-0.25, -0.2) is 4.57 Å². The predicted octanol–water partition coefficient (Wildman–Crippen LogP) is 15.1. The third-order valence-corrected chi connectivity index (χ3v) is 11.8. The Kier molecular flexibility index (Phi) is 47.6. The number of hydrogen-bond donors (Lipinski definition) is 2. The molecule has 0 aromatic heterocycles. The molecule has 0 aliphatic heterocycles. The summed E-state index contributed by atoms with van der Waals surface area (Å²) in [7, 11) is -4.76. The van der Waals surface area contributed by atoms with E-state index in [2.05, 4.69) is 93.7 Å². The molecule has 0 rings (SSSR count). The second kappa shape index (κ2) is 50.1. The third-order valence-electron chi connectivity index (χ3n) is 10.8. The summed E-state index contributed by atoms with van der Waals surface area (Å²) in [6.45, 7) is 4.38. The van der Waals surface area contributed by atoms with Crippen molar-refractivity contribution >= 4 is 25.7 Å². The minimum atomic E-state index is -4.76. The zero-order valence-electron chi connectivity index (χ0n) is 42.8. The summed E-state index contributed by atoms with van der Waals surface area (Å²) in [5.74, 6) is -1.58. The highest BCUT2D eigenvalue weighted by atomic mass is 31.2. The number of unbranched alkanes of at least 4 members (excludes halogenated alkanes) is 17. The molecule has 0 fully saturated rings. The van der Waals surface area contributed by atoms with Crippen LogP contribution in [-0.4, -0.2) is 66.5 Å². The van der Waals surface area contributed by atoms with E-state index in [1.165, 1.54) is 57.8 Å². The standard InChI is InChI=1S/C56H95O11P/c1-4-7-10-13-16-19-21-23-24-25-26-27-28-30-31-34-36-39-42-45-54(58)63-49-53(67-56(60)47-44-41-38-35-32-29-22-20-17-14-11-8-5-2)51-65-68(61,62)64-50-52(48-57)66-55(59)46-43-40-37-33-18-15-12-9-6-3/h7,10,16,19-20,22-24,26-27,30-31,36,39,52-53,57H,4-6,8-9,11-15,17-18,21,25,28-29,32-35,37-38,40-51H2,1-3H3,(H,61,62)/b10-7-,19-16-,22-20-,24-23-,27-26-,31-30-,39-36-. The van der Waals surface area contributed by atoms with Crippen molar-refractivity contribution in [1.82, 2.24) is 0 Å². The average molecular weight is 975 g/mol. The number of phosphoric ester groups is 1. The van der Waals surface area contributed by atoms with Gasteiger partial charge in [-0.05, 0) is 83.5 Å². The highest BCUT2D eigenvalue weighted by Gasteiger charge is 2.28. The van der Waals surface area contributed by atoms with Crippen LogP contribution in [0.5, 0.6) is 0 Å². The fourth-order valence-electron chi connectivity index (χ4n) is 6.79. The first-order chi connectivity index (χ1) is 33.2. The summed E-state index contributed by atoms with van der Waals surface area (Å²) in [6, 6.07) is 0. The maximum atomic E-state index is 12.8. The Morgan fingerprint density at radius 3 is 1.25 bits per heavy atom. The molecule has 0 aromatic rings. The van der Waals surface area contributed by atoms with Crippen molar-refractivity contribution in [3.05, 3.63) is 85.1 Å². The van der Waals surface area contributed by atoms with Crippen LogP contribution >= 0.6 is 7.82 Å². The lowest BCUT2D eigenvalue weighted by atomic mass is 10.1. The number of esters is 3. The van der Waals surface area contributed by atoms with Gasteiger partial charge in [0, 0.05) is 19.3 Å². The molecular weight excluding hydrogens is 880 g/mol. The molecule has 2 N–H and O–H groups in total. The maximum Gasteiger partial charge on any atom is 0.472 e. The highest BCUT2D eigenvalue weighted by molar-refractivity contribution is 7.47. The van der Waals surface area contributed by atoms with Crippen LogP contribution in [0.25, 0.3) is 0 Å². The number of aliphatic hydroxyl groups excluding tert-OH is 1. The molecule has 0 radical (unpaired) electrons. The van der Waals surface area contributed by atoms with E-state index >= 15 is 0 Å². The van der Waals surface area contributed by atoms with E-state index in [4.69, 9.17) is 23.3 Å². The van der Waals surface area contributed by atoms with Gasteiger partial charge in [0.05, 0.1) is 19.8 Å². The molecule has 0 saturated heterocycles. The molecule has 3 atom stereocenters. The Hall–Kier alpha value is -3.34. The predicted molar refractivity (Wildman–Crippen MR) is 279 cm³/mol. The van der Waals surface area contributed by atoms with E-state index in [1.807, 2.05) is 12.2 Å². The number of ether oxygens (including phenoxy) is 3. The molecule has 0 saturated carbocycles. The Bertz CT molecular complexity index is 1460. The number of aliphatic hydroxyl groups is 1. The van der Waals surface area contributed by atoms with E-state index in [1.54, 1.807) is 0 Å². The molecular formula is C56H95O11P. The Morgan fingerprint density at radius 1 is 0.426 bits per heavy atom. The summed E-state index contributed by atoms with van der Waals surface area (Å²) < 4.78 is 39.2. The number of carbonyl (C=O) groups excluding carboxylic acids is 3. The average Bonchev–Trinajstić information content (AvgIpc) is 3.32. The van der Waals surface area contributed by atoms with Crippen molar-refractivity contribution in [1.29, 1.82) is 0 Å². The van der Waals surface area contributed by atoms with Gasteiger partial charge in [0.25, 0.3) is 0 Å². The van der Waals surface area contributed by atoms with Crippen LogP contribution in [0, 0.1) is 0 Å². The van der Waals surface area contributed by atoms with Gasteiger partial charge >= 0.3 is 25.7 Å². The summed E-state index contributed by atoms with van der Waals surface area (Å²) in [5.41, 5.74) is 0. The molecule has 0 amide bonds. The molecule has 0 aliphatic carbocycles. The summed E-state index contributed by atoms with van der Waals surface area (Å²) in [6.07, 6.45) is 55.7. The lowest BCUT2D eigenvalue weighted by Gasteiger charge is -2.21. The van der Waals surface area contributed by atoms with E-state index in [9.17, 15) is 28.9 Å². The SMILES string of the molecule is CC/C=C\C/C=C\C/C=C\C/C=C\C/C=C\C/C=C\CCC(=O)OCC(COP(=O)(O)OCC(CO)OC(=O)CCCCCCCCCCC)OC(=O)CCCCCCC/C=C\CCCCCC. The summed E-state index contributed by atoms with van der Waals surface area (Å²) >= 11 is 0. The number of hydrogen-bond acceptors (Lipinski definition) is 10. The second-order valence-corrected chi connectivity index (χ2v) is 18.8. The molecule has 0 aromatic carbocycles. The Labute approximate surface area is 413 Å². The van der Waals surface area contributed by atoms with Gasteiger partial charge in [0.15, 0.2) is 6.10 Å². The van der Waals surface area contributed by atoms with Crippen LogP contribution < -0.4 is 0 Å². The Morgan fingerprint density at radius 2 is 0.794 bits per heavy atom. The first kappa shape index (κ1) is 64.7. The normalized spacial score (nSPS) is 14.1. The molecule has 11 nitrogen and oxygen atoms in total. The van der Waals surface area contributed by atoms with E-state index in [-0.39, 0.29) is 25.9 Å². The smallest absolute Gasteiger partial charge is 0.462 e. The lowest BCUT2D eigenvalue weighted by Crippen LogP contribution is -2.30. The first-order valence-corrected chi connectivity index (χ1v) is 28.0. The third kappa shape index (κ3) is 47.7. The van der Waals surface area contributed by atoms with Gasteiger partial charge in [-0.3, -0.25) is 23.4 Å². The van der Waals surface area contributed by atoms with Crippen LogP contribution in [0.3, 0.4) is 0 Å². The molecule has 0 aliphatic rings. The minimum absolute atomic E-state index is 0.0977. The molecule has 0 heterocycles. The summed E-state index contributed by atoms with van der Waals surface area (Å²) in [5, 5.41) is 9.74. The fourth-order valence-corrected chi connectivity index (χ4v) is 7.57. The quantitative estimate of drug-likeness (QED) is 0.0197. The van der Waals surface area contributed by atoms with Crippen molar-refractivity contribution in [2.75, 3.05) is 26.4 Å². The zero-order chi connectivity index (χ0) is 49.9. The number of allylic oxidation sites excluding steroid dienone is 14. The van der Waals surface area contributed by atoms with Crippen molar-refractivity contribution < 1.29 is 52.2 Å². The summed E-state index contributed by atoms with van der Waals surface area (Å²) in [4.78, 5) is 48.2. The Balaban J connectivity index is 4.85. The zero-order valence-corrected chi connectivity index (χ0v) is 43.7. The fraction of sp³-hybridized carbons (Fsp3) is 0.696. The maximum absolute atomic E-state index is 12.8. The van der Waals surface area contributed by atoms with Crippen LogP contribution in [0.15, 0.2) is 85.1 Å². The monoisotopic (exact) mass is 975 g/mol. The van der Waals surface area contributed by atoms with Crippen molar-refractivity contribution in [3.63, 3.8) is 0 Å². The van der Waals surface area contributed by atoms with E-state index in [0.29, 0.717) is 19.3 Å². The molecule has 0 bridgehead atoms. The van der Waals surface area contributed by atoms with E-state index < -0.39 is 57.8 Å². The van der Waals surface area contributed by atoms with Gasteiger partial charge < -0.3 is 24.2 Å². The largest absolute Gasteiger partial charge is 0.472 e. The topological polar surface area (TPSA) is 155 Å². The van der Waals surface area contributed by atoms with Crippen LogP contribution in [0.4, 0.5) is 0 Å². The molecule has 12 heteroatoms. The van der Waals surface area contributed by atoms with Gasteiger partial charge in [0.2, 0.25) is 0 Å². The molecule has 0 spiro atoms. The van der Waals surface area contributed by atoms with E-state index in [0.717, 1.165) is 96.3 Å². The first-order valence-electron chi connectivity index (χ1n) is 26.5. The number of phosphoric acid groups is 1. The van der Waals surface area contributed by atoms with Crippen molar-refractivity contribution in [2.45, 2.75) is 226 Å². The molecule has 3 unspecified atom stereocenters. The van der Waals surface area contributed by atoms with Gasteiger partial charge in [-0.2, -0.15) is 0 Å². The highest BCUT2D eigenvalue weighted by Crippen LogP contribution is 2.43. The van der Waals surface area contributed by atoms with Gasteiger partial charge in [-0.15, -0.1) is 0 Å². The van der Waals surface area contributed by atoms with Crippen molar-refractivity contribution in [2.24, 2.45) is 0 Å².